The van der Waals surface area contributed by atoms with E-state index >= 15 is 0 Å². The van der Waals surface area contributed by atoms with Crippen molar-refractivity contribution in [2.75, 3.05) is 5.32 Å². The SMILES string of the molecule is CC(C)(C)NS(=O)(=O)c1cccc2c(NC(=O)[C@H](Cc3ccccc3)NC(=O)C3CCCC3)cccc12. The molecule has 8 heteroatoms. The molecule has 7 nitrogen and oxygen atoms in total. The van der Waals surface area contributed by atoms with Crippen LogP contribution in [0.1, 0.15) is 52.0 Å². The number of fused-ring (bicyclic) bond motifs is 1. The fourth-order valence-corrected chi connectivity index (χ4v) is 6.48. The van der Waals surface area contributed by atoms with Crippen LogP contribution in [0.5, 0.6) is 0 Å². The van der Waals surface area contributed by atoms with Crippen LogP contribution in [0, 0.1) is 5.92 Å². The van der Waals surface area contributed by atoms with Gasteiger partial charge in [0.15, 0.2) is 0 Å². The van der Waals surface area contributed by atoms with Gasteiger partial charge in [0, 0.05) is 34.3 Å². The molecule has 37 heavy (non-hydrogen) atoms. The van der Waals surface area contributed by atoms with Crippen LogP contribution in [0.3, 0.4) is 0 Å². The zero-order chi connectivity index (χ0) is 26.6. The van der Waals surface area contributed by atoms with Crippen LogP contribution < -0.4 is 15.4 Å². The van der Waals surface area contributed by atoms with Gasteiger partial charge in [0.25, 0.3) is 0 Å². The lowest BCUT2D eigenvalue weighted by atomic mass is 10.0. The van der Waals surface area contributed by atoms with Gasteiger partial charge in [-0.2, -0.15) is 0 Å². The van der Waals surface area contributed by atoms with E-state index < -0.39 is 21.6 Å². The van der Waals surface area contributed by atoms with Crippen molar-refractivity contribution in [1.82, 2.24) is 10.0 Å². The van der Waals surface area contributed by atoms with Crippen LogP contribution in [0.2, 0.25) is 0 Å². The van der Waals surface area contributed by atoms with E-state index in [9.17, 15) is 18.0 Å². The lowest BCUT2D eigenvalue weighted by molar-refractivity contribution is -0.129. The normalized spacial score (nSPS) is 15.4. The number of hydrogen-bond donors (Lipinski definition) is 3. The Bertz CT molecular complexity index is 1380. The highest BCUT2D eigenvalue weighted by atomic mass is 32.2. The molecule has 0 aliphatic heterocycles. The van der Waals surface area contributed by atoms with Gasteiger partial charge >= 0.3 is 0 Å². The second kappa shape index (κ2) is 11.0. The van der Waals surface area contributed by atoms with Crippen LogP contribution >= 0.6 is 0 Å². The Hall–Kier alpha value is -3.23. The van der Waals surface area contributed by atoms with E-state index in [0.717, 1.165) is 31.2 Å². The van der Waals surface area contributed by atoms with E-state index in [1.165, 1.54) is 0 Å². The zero-order valence-electron chi connectivity index (χ0n) is 21.6. The van der Waals surface area contributed by atoms with Crippen molar-refractivity contribution in [3.05, 3.63) is 72.3 Å². The van der Waals surface area contributed by atoms with Crippen LogP contribution in [0.15, 0.2) is 71.6 Å². The molecule has 4 rings (SSSR count). The van der Waals surface area contributed by atoms with Gasteiger partial charge < -0.3 is 10.6 Å². The highest BCUT2D eigenvalue weighted by molar-refractivity contribution is 7.89. The number of carbonyl (C=O) groups excluding carboxylic acids is 2. The van der Waals surface area contributed by atoms with E-state index in [-0.39, 0.29) is 22.6 Å². The number of benzene rings is 3. The second-order valence-electron chi connectivity index (χ2n) is 10.7. The average molecular weight is 522 g/mol. The van der Waals surface area contributed by atoms with Gasteiger partial charge in [-0.25, -0.2) is 13.1 Å². The number of carbonyl (C=O) groups is 2. The summed E-state index contributed by atoms with van der Waals surface area (Å²) < 4.78 is 28.9. The molecule has 0 aromatic heterocycles. The molecule has 3 aromatic carbocycles. The van der Waals surface area contributed by atoms with Crippen molar-refractivity contribution in [3.63, 3.8) is 0 Å². The molecular formula is C29H35N3O4S. The largest absolute Gasteiger partial charge is 0.344 e. The minimum atomic E-state index is -3.79. The molecular weight excluding hydrogens is 486 g/mol. The first-order valence-corrected chi connectivity index (χ1v) is 14.2. The summed E-state index contributed by atoms with van der Waals surface area (Å²) in [6.07, 6.45) is 4.09. The first kappa shape index (κ1) is 26.8. The van der Waals surface area contributed by atoms with Crippen molar-refractivity contribution < 1.29 is 18.0 Å². The van der Waals surface area contributed by atoms with Gasteiger partial charge in [-0.05, 0) is 51.3 Å². The van der Waals surface area contributed by atoms with E-state index in [4.69, 9.17) is 0 Å². The molecule has 3 N–H and O–H groups in total. The lowest BCUT2D eigenvalue weighted by Crippen LogP contribution is -2.47. The van der Waals surface area contributed by atoms with Crippen LogP contribution in [-0.2, 0) is 26.0 Å². The summed E-state index contributed by atoms with van der Waals surface area (Å²) in [4.78, 5) is 26.6. The molecule has 0 radical (unpaired) electrons. The maximum Gasteiger partial charge on any atom is 0.247 e. The van der Waals surface area contributed by atoms with E-state index in [1.54, 1.807) is 57.2 Å². The Morgan fingerprint density at radius 2 is 1.54 bits per heavy atom. The van der Waals surface area contributed by atoms with Crippen LogP contribution in [-0.4, -0.2) is 31.8 Å². The van der Waals surface area contributed by atoms with Gasteiger partial charge in [0.05, 0.1) is 4.90 Å². The lowest BCUT2D eigenvalue weighted by Gasteiger charge is -2.22. The minimum Gasteiger partial charge on any atom is -0.344 e. The third kappa shape index (κ3) is 6.76. The number of rotatable bonds is 8. The summed E-state index contributed by atoms with van der Waals surface area (Å²) >= 11 is 0. The van der Waals surface area contributed by atoms with Gasteiger partial charge in [0.1, 0.15) is 6.04 Å². The fourth-order valence-electron chi connectivity index (χ4n) is 4.84. The molecule has 0 saturated heterocycles. The van der Waals surface area contributed by atoms with E-state index in [0.29, 0.717) is 22.9 Å². The number of anilines is 1. The second-order valence-corrected chi connectivity index (χ2v) is 12.4. The Balaban J connectivity index is 1.63. The number of nitrogens with one attached hydrogen (secondary N) is 3. The third-order valence-corrected chi connectivity index (χ3v) is 8.33. The highest BCUT2D eigenvalue weighted by Crippen LogP contribution is 2.30. The zero-order valence-corrected chi connectivity index (χ0v) is 22.4. The molecule has 1 aliphatic carbocycles. The molecule has 0 spiro atoms. The predicted octanol–water partition coefficient (Wildman–Crippen LogP) is 4.77. The fraction of sp³-hybridized carbons (Fsp3) is 0.379. The maximum absolute atomic E-state index is 13.5. The smallest absolute Gasteiger partial charge is 0.247 e. The van der Waals surface area contributed by atoms with Crippen molar-refractivity contribution >= 4 is 38.3 Å². The van der Waals surface area contributed by atoms with E-state index in [2.05, 4.69) is 15.4 Å². The van der Waals surface area contributed by atoms with Gasteiger partial charge in [-0.3, -0.25) is 9.59 Å². The predicted molar refractivity (Wildman–Crippen MR) is 147 cm³/mol. The summed E-state index contributed by atoms with van der Waals surface area (Å²) in [6.45, 7) is 5.36. The molecule has 2 amide bonds. The van der Waals surface area contributed by atoms with Crippen molar-refractivity contribution in [1.29, 1.82) is 0 Å². The first-order valence-electron chi connectivity index (χ1n) is 12.7. The summed E-state index contributed by atoms with van der Waals surface area (Å²) in [5.41, 5.74) is 0.784. The monoisotopic (exact) mass is 521 g/mol. The number of sulfonamides is 1. The molecule has 3 aromatic rings. The molecule has 0 heterocycles. The maximum atomic E-state index is 13.5. The molecule has 1 fully saturated rings. The Morgan fingerprint density at radius 3 is 2.22 bits per heavy atom. The van der Waals surface area contributed by atoms with Gasteiger partial charge in [-0.1, -0.05) is 67.4 Å². The van der Waals surface area contributed by atoms with Gasteiger partial charge in [-0.15, -0.1) is 0 Å². The minimum absolute atomic E-state index is 0.0632. The molecule has 1 aliphatic rings. The van der Waals surface area contributed by atoms with Crippen molar-refractivity contribution in [2.45, 2.75) is 69.4 Å². The molecule has 1 saturated carbocycles. The first-order chi connectivity index (χ1) is 17.5. The van der Waals surface area contributed by atoms with Gasteiger partial charge in [0.2, 0.25) is 21.8 Å². The Kier molecular flexibility index (Phi) is 7.99. The summed E-state index contributed by atoms with van der Waals surface area (Å²) in [5.74, 6) is -0.497. The average Bonchev–Trinajstić information content (AvgIpc) is 3.38. The molecule has 196 valence electrons. The van der Waals surface area contributed by atoms with Crippen LogP contribution in [0.4, 0.5) is 5.69 Å². The summed E-state index contributed by atoms with van der Waals surface area (Å²) in [6, 6.07) is 19.0. The number of hydrogen-bond acceptors (Lipinski definition) is 4. The summed E-state index contributed by atoms with van der Waals surface area (Å²) in [5, 5.41) is 7.05. The third-order valence-electron chi connectivity index (χ3n) is 6.51. The van der Waals surface area contributed by atoms with Crippen molar-refractivity contribution in [3.8, 4) is 0 Å². The number of amides is 2. The molecule has 0 unspecified atom stereocenters. The standard InChI is InChI=1S/C29H35N3O4S/c1-29(2,3)32-37(35,36)26-18-10-15-22-23(26)16-9-17-24(22)30-28(34)25(19-20-11-5-4-6-12-20)31-27(33)21-13-7-8-14-21/h4-6,9-12,15-18,21,25,32H,7-8,13-14,19H2,1-3H3,(H,30,34)(H,31,33)/t25-/m0/s1. The highest BCUT2D eigenvalue weighted by Gasteiger charge is 2.29. The Morgan fingerprint density at radius 1 is 0.892 bits per heavy atom. The molecule has 0 bridgehead atoms. The quantitative estimate of drug-likeness (QED) is 0.397. The van der Waals surface area contributed by atoms with Crippen molar-refractivity contribution in [2.24, 2.45) is 5.92 Å². The topological polar surface area (TPSA) is 104 Å². The van der Waals surface area contributed by atoms with Crippen LogP contribution in [0.25, 0.3) is 10.8 Å². The molecule has 1 atom stereocenters. The summed E-state index contributed by atoms with van der Waals surface area (Å²) in [7, 11) is -3.79. The van der Waals surface area contributed by atoms with E-state index in [1.807, 2.05) is 30.3 Å². The Labute approximate surface area is 219 Å².